The third-order valence-electron chi connectivity index (χ3n) is 3.44. The lowest BCUT2D eigenvalue weighted by Crippen LogP contribution is -2.36. The Morgan fingerprint density at radius 2 is 1.92 bits per heavy atom. The van der Waals surface area contributed by atoms with Crippen molar-refractivity contribution < 1.29 is 22.8 Å². The van der Waals surface area contributed by atoms with E-state index in [1.165, 1.54) is 10.7 Å². The van der Waals surface area contributed by atoms with Crippen LogP contribution in [0.2, 0.25) is 0 Å². The monoisotopic (exact) mass is 378 g/mol. The van der Waals surface area contributed by atoms with E-state index in [0.717, 1.165) is 29.5 Å². The van der Waals surface area contributed by atoms with Crippen LogP contribution in [0.5, 0.6) is 0 Å². The number of nitrogens with one attached hydrogen (secondary N) is 2. The van der Waals surface area contributed by atoms with E-state index in [-0.39, 0.29) is 16.5 Å². The Labute approximate surface area is 150 Å². The van der Waals surface area contributed by atoms with Gasteiger partial charge >= 0.3 is 10.7 Å². The predicted molar refractivity (Wildman–Crippen MR) is 91.3 cm³/mol. The van der Waals surface area contributed by atoms with Crippen LogP contribution >= 0.6 is 11.8 Å². The number of rotatable bonds is 5. The minimum atomic E-state index is -1.06. The number of halogens is 2. The number of aromatic nitrogens is 2. The van der Waals surface area contributed by atoms with Gasteiger partial charge in [0, 0.05) is 23.9 Å². The zero-order chi connectivity index (χ0) is 18.7. The average molecular weight is 378 g/mol. The van der Waals surface area contributed by atoms with Gasteiger partial charge in [-0.25, -0.2) is 13.6 Å². The first-order valence-electron chi connectivity index (χ1n) is 7.52. The lowest BCUT2D eigenvalue weighted by atomic mass is 10.2. The first kappa shape index (κ1) is 17.9. The molecule has 26 heavy (non-hydrogen) atoms. The molecule has 0 saturated heterocycles. The van der Waals surface area contributed by atoms with E-state index in [9.17, 15) is 18.4 Å². The molecule has 6 nitrogen and oxygen atoms in total. The number of carbonyl (C=O) groups is 1. The summed E-state index contributed by atoms with van der Waals surface area (Å²) < 4.78 is 32.3. The summed E-state index contributed by atoms with van der Waals surface area (Å²) in [5.41, 5.74) is 1.24. The maximum absolute atomic E-state index is 13.2. The van der Waals surface area contributed by atoms with Gasteiger partial charge in [-0.15, -0.1) is 0 Å². The molecule has 2 aromatic carbocycles. The third-order valence-corrected chi connectivity index (χ3v) is 4.47. The molecular weight excluding hydrogens is 364 g/mol. The second-order valence-electron chi connectivity index (χ2n) is 5.42. The van der Waals surface area contributed by atoms with Crippen molar-refractivity contribution in [2.75, 3.05) is 11.1 Å². The lowest BCUT2D eigenvalue weighted by molar-refractivity contribution is -0.704. The molecule has 0 aliphatic rings. The Balaban J connectivity index is 1.70. The quantitative estimate of drug-likeness (QED) is 0.528. The van der Waals surface area contributed by atoms with E-state index in [0.29, 0.717) is 5.69 Å². The fourth-order valence-electron chi connectivity index (χ4n) is 2.16. The number of hydrogen-bond acceptors (Lipinski definition) is 4. The Morgan fingerprint density at radius 1 is 1.19 bits per heavy atom. The van der Waals surface area contributed by atoms with Crippen molar-refractivity contribution in [2.45, 2.75) is 11.9 Å². The van der Waals surface area contributed by atoms with Crippen LogP contribution in [0.15, 0.2) is 56.8 Å². The van der Waals surface area contributed by atoms with Crippen molar-refractivity contribution in [1.29, 1.82) is 0 Å². The third kappa shape index (κ3) is 3.99. The summed E-state index contributed by atoms with van der Waals surface area (Å²) in [6.45, 7) is 1.94. The van der Waals surface area contributed by atoms with Crippen molar-refractivity contribution in [3.63, 3.8) is 0 Å². The average Bonchev–Trinajstić information content (AvgIpc) is 2.98. The van der Waals surface area contributed by atoms with Crippen LogP contribution in [0.1, 0.15) is 5.56 Å². The number of carbonyl (C=O) groups excluding carboxylic acids is 1. The largest absolute Gasteiger partial charge is 0.442 e. The van der Waals surface area contributed by atoms with E-state index in [1.807, 2.05) is 19.1 Å². The number of thioether (sulfide) groups is 1. The number of hydrogen-bond donors (Lipinski definition) is 2. The number of benzene rings is 2. The van der Waals surface area contributed by atoms with Gasteiger partial charge in [-0.3, -0.25) is 9.32 Å². The number of aryl methyl sites for hydroxylation is 1. The maximum Gasteiger partial charge on any atom is 0.442 e. The van der Waals surface area contributed by atoms with Crippen molar-refractivity contribution in [3.05, 3.63) is 70.1 Å². The molecule has 1 heterocycles. The SMILES string of the molecule is Cc1ccc(-[n+]2[nH]oc(=O)c2SCC(=O)Nc2ccc(F)c(F)c2)cc1. The second kappa shape index (κ2) is 7.52. The Hall–Kier alpha value is -2.94. The molecule has 3 aromatic rings. The maximum atomic E-state index is 13.2. The molecule has 0 saturated carbocycles. The molecule has 134 valence electrons. The standard InChI is InChI=1S/C17H13F2N3O3S/c1-10-2-5-12(6-3-10)22-16(17(24)25-21-22)26-9-15(23)20-11-4-7-13(18)14(19)8-11/h2-8H,9H2,1H3,(H-,20,21,23,24)/p+1. The zero-order valence-corrected chi connectivity index (χ0v) is 14.4. The summed E-state index contributed by atoms with van der Waals surface area (Å²) in [4.78, 5) is 23.9. The van der Waals surface area contributed by atoms with Crippen LogP contribution in [0.25, 0.3) is 5.69 Å². The molecule has 9 heteroatoms. The first-order valence-corrected chi connectivity index (χ1v) is 8.51. The van der Waals surface area contributed by atoms with Crippen molar-refractivity contribution in [3.8, 4) is 5.69 Å². The van der Waals surface area contributed by atoms with Crippen LogP contribution < -0.4 is 15.6 Å². The Morgan fingerprint density at radius 3 is 2.62 bits per heavy atom. The van der Waals surface area contributed by atoms with Crippen molar-refractivity contribution >= 4 is 23.4 Å². The van der Waals surface area contributed by atoms with Crippen LogP contribution in [0.3, 0.4) is 0 Å². The van der Waals surface area contributed by atoms with Gasteiger partial charge in [0.25, 0.3) is 0 Å². The highest BCUT2D eigenvalue weighted by atomic mass is 32.2. The summed E-state index contributed by atoms with van der Waals surface area (Å²) in [6, 6.07) is 10.4. The minimum absolute atomic E-state index is 0.118. The van der Waals surface area contributed by atoms with Gasteiger partial charge < -0.3 is 5.32 Å². The molecule has 2 N–H and O–H groups in total. The van der Waals surface area contributed by atoms with Gasteiger partial charge in [0.2, 0.25) is 11.6 Å². The van der Waals surface area contributed by atoms with Crippen molar-refractivity contribution in [1.82, 2.24) is 5.27 Å². The summed E-state index contributed by atoms with van der Waals surface area (Å²) in [7, 11) is 0. The first-order chi connectivity index (χ1) is 12.4. The van der Waals surface area contributed by atoms with E-state index >= 15 is 0 Å². The number of aromatic amines is 1. The van der Waals surface area contributed by atoms with Gasteiger partial charge in [0.05, 0.1) is 5.75 Å². The molecule has 1 aromatic heterocycles. The molecule has 0 unspecified atom stereocenters. The van der Waals surface area contributed by atoms with E-state index in [1.54, 1.807) is 12.1 Å². The second-order valence-corrected chi connectivity index (χ2v) is 6.39. The van der Waals surface area contributed by atoms with Crippen molar-refractivity contribution in [2.24, 2.45) is 0 Å². The topological polar surface area (TPSA) is 79.0 Å². The fourth-order valence-corrected chi connectivity index (χ4v) is 2.93. The molecule has 0 aliphatic carbocycles. The zero-order valence-electron chi connectivity index (χ0n) is 13.6. The van der Waals surface area contributed by atoms with E-state index < -0.39 is 23.2 Å². The van der Waals surface area contributed by atoms with Gasteiger partial charge in [0.1, 0.15) is 0 Å². The highest BCUT2D eigenvalue weighted by molar-refractivity contribution is 7.99. The predicted octanol–water partition coefficient (Wildman–Crippen LogP) is 2.56. The molecular formula is C17H14F2N3O3S+. The lowest BCUT2D eigenvalue weighted by Gasteiger charge is -2.04. The van der Waals surface area contributed by atoms with Gasteiger partial charge in [0.15, 0.2) is 11.6 Å². The van der Waals surface area contributed by atoms with E-state index in [4.69, 9.17) is 4.52 Å². The van der Waals surface area contributed by atoms with Crippen LogP contribution in [-0.4, -0.2) is 16.9 Å². The van der Waals surface area contributed by atoms with E-state index in [2.05, 4.69) is 10.6 Å². The number of nitrogens with zero attached hydrogens (tertiary/aromatic N) is 1. The summed E-state index contributed by atoms with van der Waals surface area (Å²) in [5.74, 6) is -2.65. The number of anilines is 1. The molecule has 0 spiro atoms. The normalized spacial score (nSPS) is 10.7. The summed E-state index contributed by atoms with van der Waals surface area (Å²) in [6.07, 6.45) is 0. The Kier molecular flexibility index (Phi) is 5.17. The highest BCUT2D eigenvalue weighted by Crippen LogP contribution is 2.15. The highest BCUT2D eigenvalue weighted by Gasteiger charge is 2.25. The minimum Gasteiger partial charge on any atom is -0.325 e. The fraction of sp³-hybridized carbons (Fsp3) is 0.118. The molecule has 3 rings (SSSR count). The smallest absolute Gasteiger partial charge is 0.325 e. The Bertz CT molecular complexity index is 999. The van der Waals surface area contributed by atoms with Gasteiger partial charge in [-0.1, -0.05) is 17.7 Å². The van der Waals surface area contributed by atoms with Gasteiger partial charge in [-0.2, -0.15) is 0 Å². The molecule has 0 aliphatic heterocycles. The van der Waals surface area contributed by atoms with Crippen LogP contribution in [0.4, 0.5) is 14.5 Å². The molecule has 0 bridgehead atoms. The molecule has 0 atom stereocenters. The van der Waals surface area contributed by atoms with Crippen LogP contribution in [-0.2, 0) is 4.79 Å². The molecule has 0 radical (unpaired) electrons. The number of amides is 1. The molecule has 0 fully saturated rings. The van der Waals surface area contributed by atoms with Gasteiger partial charge in [-0.05, 0) is 40.8 Å². The molecule has 1 amide bonds. The van der Waals surface area contributed by atoms with Crippen LogP contribution in [0, 0.1) is 18.6 Å². The summed E-state index contributed by atoms with van der Waals surface area (Å²) in [5, 5.41) is 5.11. The number of H-pyrrole nitrogens is 1. The summed E-state index contributed by atoms with van der Waals surface area (Å²) >= 11 is 0.960.